The first-order chi connectivity index (χ1) is 14.0. The molecule has 1 aromatic rings. The Bertz CT molecular complexity index is 589. The Morgan fingerprint density at radius 3 is 1.70 bits per heavy atom. The molecule has 0 saturated heterocycles. The van der Waals surface area contributed by atoms with Gasteiger partial charge in [0.1, 0.15) is 5.75 Å². The van der Waals surface area contributed by atoms with Crippen molar-refractivity contribution in [1.29, 1.82) is 0 Å². The molecule has 0 atom stereocenters. The van der Waals surface area contributed by atoms with Crippen molar-refractivity contribution < 1.29 is 18.9 Å². The molecule has 4 nitrogen and oxygen atoms in total. The van der Waals surface area contributed by atoms with Crippen LogP contribution in [0.25, 0.3) is 0 Å². The van der Waals surface area contributed by atoms with Gasteiger partial charge in [0.25, 0.3) is 0 Å². The van der Waals surface area contributed by atoms with Gasteiger partial charge in [-0.1, -0.05) is 103 Å². The average Bonchev–Trinajstić information content (AvgIpc) is 2.67. The van der Waals surface area contributed by atoms with Crippen molar-refractivity contribution in [3.8, 4) is 5.75 Å². The van der Waals surface area contributed by atoms with Crippen molar-refractivity contribution in [3.05, 3.63) is 29.3 Å². The minimum absolute atomic E-state index is 0. The number of phosphoric acid groups is 1. The third-order valence-electron chi connectivity index (χ3n) is 5.53. The Kier molecular flexibility index (Phi) is 19.8. The van der Waals surface area contributed by atoms with Gasteiger partial charge in [-0.05, 0) is 42.9 Å². The summed E-state index contributed by atoms with van der Waals surface area (Å²) in [6, 6.07) is 5.65. The van der Waals surface area contributed by atoms with Crippen molar-refractivity contribution in [2.45, 2.75) is 117 Å². The molecule has 0 radical (unpaired) electrons. The second kappa shape index (κ2) is 19.3. The van der Waals surface area contributed by atoms with E-state index in [2.05, 4.69) is 19.9 Å². The van der Waals surface area contributed by atoms with Crippen molar-refractivity contribution in [2.75, 3.05) is 0 Å². The van der Waals surface area contributed by atoms with E-state index in [0.29, 0.717) is 5.75 Å². The topological polar surface area (TPSA) is 66.8 Å². The molecule has 0 aliphatic heterocycles. The minimum atomic E-state index is -4.54. The van der Waals surface area contributed by atoms with Crippen molar-refractivity contribution in [1.82, 2.24) is 0 Å². The van der Waals surface area contributed by atoms with Gasteiger partial charge >= 0.3 is 59.2 Å². The summed E-state index contributed by atoms with van der Waals surface area (Å²) in [5.41, 5.74) is 2.19. The Balaban J connectivity index is 0.00000841. The Labute approximate surface area is 227 Å². The fourth-order valence-corrected chi connectivity index (χ4v) is 4.30. The molecule has 0 saturated carbocycles. The zero-order chi connectivity index (χ0) is 21.4. The molecule has 0 aliphatic carbocycles. The molecule has 30 heavy (non-hydrogen) atoms. The van der Waals surface area contributed by atoms with Crippen LogP contribution < -0.4 is 4.52 Å². The molecule has 0 bridgehead atoms. The van der Waals surface area contributed by atoms with E-state index < -0.39 is 7.82 Å². The first-order valence-electron chi connectivity index (χ1n) is 11.8. The third kappa shape index (κ3) is 15.6. The van der Waals surface area contributed by atoms with Crippen molar-refractivity contribution in [2.24, 2.45) is 0 Å². The molecule has 0 unspecified atom stereocenters. The van der Waals surface area contributed by atoms with E-state index in [-0.39, 0.29) is 51.4 Å². The number of benzene rings is 1. The van der Waals surface area contributed by atoms with Crippen LogP contribution in [0, 0.1) is 0 Å². The molecule has 0 heterocycles. The van der Waals surface area contributed by atoms with Crippen LogP contribution in [0.5, 0.6) is 5.75 Å². The Morgan fingerprint density at radius 2 is 1.20 bits per heavy atom. The fourth-order valence-electron chi connectivity index (χ4n) is 3.87. The Morgan fingerprint density at radius 1 is 0.733 bits per heavy atom. The SMILES string of the molecule is CCCCCCCCCc1cccc(OP(=O)(O)O)c1CCCCCCCCC.[KH]. The van der Waals surface area contributed by atoms with Gasteiger partial charge in [0.2, 0.25) is 0 Å². The van der Waals surface area contributed by atoms with Crippen LogP contribution in [-0.4, -0.2) is 61.2 Å². The van der Waals surface area contributed by atoms with Gasteiger partial charge in [-0.15, -0.1) is 0 Å². The standard InChI is InChI=1S/C24H43O4P.K.H/c1-3-5-7-9-11-13-15-18-22-19-17-21-24(28-29(25,26)27)23(22)20-16-14-12-10-8-6-4-2;;/h17,19,21H,3-16,18,20H2,1-2H3,(H2,25,26,27);;. The summed E-state index contributed by atoms with van der Waals surface area (Å²) in [5.74, 6) is 0.366. The van der Waals surface area contributed by atoms with E-state index in [4.69, 9.17) is 4.52 Å². The number of unbranched alkanes of at least 4 members (excludes halogenated alkanes) is 12. The maximum atomic E-state index is 11.4. The van der Waals surface area contributed by atoms with E-state index in [1.807, 2.05) is 6.07 Å². The molecule has 170 valence electrons. The number of rotatable bonds is 18. The fraction of sp³-hybridized carbons (Fsp3) is 0.750. The van der Waals surface area contributed by atoms with Crippen molar-refractivity contribution >= 4 is 59.2 Å². The molecule has 2 N–H and O–H groups in total. The summed E-state index contributed by atoms with van der Waals surface area (Å²) < 4.78 is 16.4. The molecular weight excluding hydrogens is 422 g/mol. The summed E-state index contributed by atoms with van der Waals surface area (Å²) in [5, 5.41) is 0. The zero-order valence-electron chi connectivity index (χ0n) is 18.7. The second-order valence-electron chi connectivity index (χ2n) is 8.22. The van der Waals surface area contributed by atoms with E-state index in [0.717, 1.165) is 37.7 Å². The van der Waals surface area contributed by atoms with Crippen LogP contribution in [0.3, 0.4) is 0 Å². The summed E-state index contributed by atoms with van der Waals surface area (Å²) >= 11 is 0. The van der Waals surface area contributed by atoms with E-state index in [9.17, 15) is 14.4 Å². The van der Waals surface area contributed by atoms with Crippen LogP contribution in [0.1, 0.15) is 115 Å². The van der Waals surface area contributed by atoms with Gasteiger partial charge in [0.15, 0.2) is 0 Å². The van der Waals surface area contributed by atoms with Gasteiger partial charge in [-0.3, -0.25) is 9.79 Å². The van der Waals surface area contributed by atoms with Crippen LogP contribution in [-0.2, 0) is 17.4 Å². The normalized spacial score (nSPS) is 11.3. The molecule has 6 heteroatoms. The molecule has 0 aliphatic rings. The van der Waals surface area contributed by atoms with Crippen molar-refractivity contribution in [3.63, 3.8) is 0 Å². The zero-order valence-corrected chi connectivity index (χ0v) is 19.6. The summed E-state index contributed by atoms with van der Waals surface area (Å²) in [4.78, 5) is 18.6. The predicted molar refractivity (Wildman–Crippen MR) is 130 cm³/mol. The summed E-state index contributed by atoms with van der Waals surface area (Å²) in [7, 11) is -4.54. The monoisotopic (exact) mass is 466 g/mol. The quantitative estimate of drug-likeness (QED) is 0.138. The third-order valence-corrected chi connectivity index (χ3v) is 5.96. The molecule has 0 fully saturated rings. The summed E-state index contributed by atoms with van der Waals surface area (Å²) in [6.07, 6.45) is 19.2. The number of aryl methyl sites for hydroxylation is 1. The van der Waals surface area contributed by atoms with Crippen LogP contribution in [0.2, 0.25) is 0 Å². The molecule has 0 amide bonds. The Hall–Kier alpha value is 0.806. The summed E-state index contributed by atoms with van der Waals surface area (Å²) in [6.45, 7) is 4.46. The van der Waals surface area contributed by atoms with Crippen LogP contribution in [0.15, 0.2) is 18.2 Å². The first kappa shape index (κ1) is 30.8. The number of phosphoric ester groups is 1. The van der Waals surface area contributed by atoms with Gasteiger partial charge in [-0.25, -0.2) is 4.57 Å². The number of hydrogen-bond donors (Lipinski definition) is 2. The molecule has 0 aromatic heterocycles. The van der Waals surface area contributed by atoms with Gasteiger partial charge in [0.05, 0.1) is 0 Å². The number of hydrogen-bond acceptors (Lipinski definition) is 2. The van der Waals surface area contributed by atoms with Gasteiger partial charge in [-0.2, -0.15) is 0 Å². The molecule has 0 spiro atoms. The van der Waals surface area contributed by atoms with Gasteiger partial charge < -0.3 is 4.52 Å². The van der Waals surface area contributed by atoms with E-state index in [1.165, 1.54) is 76.2 Å². The van der Waals surface area contributed by atoms with Crippen LogP contribution in [0.4, 0.5) is 0 Å². The first-order valence-corrected chi connectivity index (χ1v) is 13.4. The van der Waals surface area contributed by atoms with E-state index >= 15 is 0 Å². The molecule has 1 aromatic carbocycles. The van der Waals surface area contributed by atoms with Crippen LogP contribution >= 0.6 is 7.82 Å². The van der Waals surface area contributed by atoms with E-state index in [1.54, 1.807) is 6.07 Å². The molecular formula is C24H44KO4P. The van der Waals surface area contributed by atoms with Gasteiger partial charge in [0, 0.05) is 0 Å². The maximum absolute atomic E-state index is 11.4. The average molecular weight is 467 g/mol. The predicted octanol–water partition coefficient (Wildman–Crippen LogP) is 7.10. The molecule has 1 rings (SSSR count). The second-order valence-corrected chi connectivity index (χ2v) is 9.38.